The Labute approximate surface area is 146 Å². The Morgan fingerprint density at radius 3 is 2.25 bits per heavy atom. The van der Waals surface area contributed by atoms with Gasteiger partial charge in [-0.2, -0.15) is 0 Å². The third-order valence-corrected chi connectivity index (χ3v) is 3.84. The molecule has 1 aromatic carbocycles. The normalized spacial score (nSPS) is 12.8. The van der Waals surface area contributed by atoms with Crippen molar-refractivity contribution in [1.82, 2.24) is 15.1 Å². The molecule has 2 amide bonds. The number of rotatable bonds is 7. The minimum absolute atomic E-state index is 0.0346. The fourth-order valence-electron chi connectivity index (χ4n) is 2.42. The van der Waals surface area contributed by atoms with Crippen molar-refractivity contribution in [2.45, 2.75) is 52.7 Å². The fourth-order valence-corrected chi connectivity index (χ4v) is 2.42. The molecule has 0 heterocycles. The minimum atomic E-state index is -0.348. The van der Waals surface area contributed by atoms with Crippen LogP contribution in [0.1, 0.15) is 40.2 Å². The van der Waals surface area contributed by atoms with Crippen LogP contribution in [0, 0.1) is 0 Å². The van der Waals surface area contributed by atoms with E-state index in [1.54, 1.807) is 11.9 Å². The van der Waals surface area contributed by atoms with Gasteiger partial charge in [0.1, 0.15) is 0 Å². The summed E-state index contributed by atoms with van der Waals surface area (Å²) < 4.78 is 0. The minimum Gasteiger partial charge on any atom is -0.350 e. The zero-order chi connectivity index (χ0) is 18.3. The number of hydrogen-bond acceptors (Lipinski definition) is 3. The number of carbonyl (C=O) groups is 2. The highest BCUT2D eigenvalue weighted by atomic mass is 16.2. The van der Waals surface area contributed by atoms with Gasteiger partial charge in [-0.1, -0.05) is 30.3 Å². The molecule has 1 atom stereocenters. The standard InChI is InChI=1S/C19H31N3O2/c1-7-22(13-16-11-9-8-10-12-16)18(24)15(2)21(6)14-17(23)20-19(3,4)5/h8-12,15H,7,13-14H2,1-6H3,(H,20,23). The topological polar surface area (TPSA) is 52.7 Å². The van der Waals surface area contributed by atoms with E-state index in [4.69, 9.17) is 0 Å². The highest BCUT2D eigenvalue weighted by Gasteiger charge is 2.25. The van der Waals surface area contributed by atoms with Crippen molar-refractivity contribution in [2.75, 3.05) is 20.1 Å². The van der Waals surface area contributed by atoms with Gasteiger partial charge in [0.05, 0.1) is 12.6 Å². The lowest BCUT2D eigenvalue weighted by atomic mass is 10.1. The maximum absolute atomic E-state index is 12.7. The van der Waals surface area contributed by atoms with Gasteiger partial charge >= 0.3 is 0 Å². The molecule has 0 fully saturated rings. The van der Waals surface area contributed by atoms with E-state index in [1.807, 2.05) is 69.9 Å². The molecule has 5 nitrogen and oxygen atoms in total. The van der Waals surface area contributed by atoms with Crippen molar-refractivity contribution in [2.24, 2.45) is 0 Å². The van der Waals surface area contributed by atoms with Crippen molar-refractivity contribution in [3.05, 3.63) is 35.9 Å². The first-order chi connectivity index (χ1) is 11.1. The van der Waals surface area contributed by atoms with E-state index in [0.717, 1.165) is 5.56 Å². The molecular weight excluding hydrogens is 302 g/mol. The Bertz CT molecular complexity index is 537. The lowest BCUT2D eigenvalue weighted by molar-refractivity contribution is -0.137. The predicted octanol–water partition coefficient (Wildman–Crippen LogP) is 2.27. The van der Waals surface area contributed by atoms with Crippen LogP contribution >= 0.6 is 0 Å². The summed E-state index contributed by atoms with van der Waals surface area (Å²) >= 11 is 0. The van der Waals surface area contributed by atoms with E-state index in [1.165, 1.54) is 0 Å². The molecule has 0 aliphatic heterocycles. The van der Waals surface area contributed by atoms with Gasteiger partial charge in [0.15, 0.2) is 0 Å². The van der Waals surface area contributed by atoms with Gasteiger partial charge in [-0.3, -0.25) is 14.5 Å². The van der Waals surface area contributed by atoms with Crippen molar-refractivity contribution < 1.29 is 9.59 Å². The summed E-state index contributed by atoms with van der Waals surface area (Å²) in [7, 11) is 1.81. The predicted molar refractivity (Wildman–Crippen MR) is 97.5 cm³/mol. The van der Waals surface area contributed by atoms with Crippen molar-refractivity contribution >= 4 is 11.8 Å². The van der Waals surface area contributed by atoms with E-state index >= 15 is 0 Å². The van der Waals surface area contributed by atoms with Crippen LogP contribution in [0.3, 0.4) is 0 Å². The average molecular weight is 333 g/mol. The third kappa shape index (κ3) is 6.71. The van der Waals surface area contributed by atoms with E-state index in [0.29, 0.717) is 13.1 Å². The van der Waals surface area contributed by atoms with Gasteiger partial charge in [-0.25, -0.2) is 0 Å². The van der Waals surface area contributed by atoms with Gasteiger partial charge in [-0.15, -0.1) is 0 Å². The number of benzene rings is 1. The molecule has 0 aliphatic rings. The maximum atomic E-state index is 12.7. The van der Waals surface area contributed by atoms with E-state index < -0.39 is 0 Å². The second-order valence-electron chi connectivity index (χ2n) is 7.23. The Hall–Kier alpha value is -1.88. The molecule has 0 saturated carbocycles. The van der Waals surface area contributed by atoms with Crippen LogP contribution < -0.4 is 5.32 Å². The quantitative estimate of drug-likeness (QED) is 0.833. The largest absolute Gasteiger partial charge is 0.350 e. The highest BCUT2D eigenvalue weighted by molar-refractivity contribution is 5.83. The van der Waals surface area contributed by atoms with Crippen LogP contribution in [0.4, 0.5) is 0 Å². The second-order valence-corrected chi connectivity index (χ2v) is 7.23. The first-order valence-electron chi connectivity index (χ1n) is 8.48. The molecule has 0 aromatic heterocycles. The number of likely N-dealkylation sites (N-methyl/N-ethyl adjacent to an activating group) is 2. The van der Waals surface area contributed by atoms with Gasteiger partial charge in [0, 0.05) is 18.6 Å². The van der Waals surface area contributed by atoms with Gasteiger partial charge in [0.2, 0.25) is 11.8 Å². The Morgan fingerprint density at radius 1 is 1.17 bits per heavy atom. The Balaban J connectivity index is 2.64. The summed E-state index contributed by atoms with van der Waals surface area (Å²) in [6.07, 6.45) is 0. The molecule has 24 heavy (non-hydrogen) atoms. The molecule has 5 heteroatoms. The monoisotopic (exact) mass is 333 g/mol. The molecular formula is C19H31N3O2. The first-order valence-corrected chi connectivity index (χ1v) is 8.48. The van der Waals surface area contributed by atoms with Crippen LogP contribution in [-0.2, 0) is 16.1 Å². The number of nitrogens with one attached hydrogen (secondary N) is 1. The van der Waals surface area contributed by atoms with Crippen molar-refractivity contribution in [1.29, 1.82) is 0 Å². The fraction of sp³-hybridized carbons (Fsp3) is 0.579. The lowest BCUT2D eigenvalue weighted by Crippen LogP contribution is -2.50. The summed E-state index contributed by atoms with van der Waals surface area (Å²) in [4.78, 5) is 28.4. The summed E-state index contributed by atoms with van der Waals surface area (Å²) in [5.74, 6) is -0.0387. The summed E-state index contributed by atoms with van der Waals surface area (Å²) in [6.45, 7) is 11.1. The first kappa shape index (κ1) is 20.2. The summed E-state index contributed by atoms with van der Waals surface area (Å²) in [5.41, 5.74) is 0.835. The maximum Gasteiger partial charge on any atom is 0.239 e. The van der Waals surface area contributed by atoms with Gasteiger partial charge < -0.3 is 10.2 Å². The van der Waals surface area contributed by atoms with Crippen LogP contribution in [0.25, 0.3) is 0 Å². The van der Waals surface area contributed by atoms with Crippen molar-refractivity contribution in [3.8, 4) is 0 Å². The molecule has 0 spiro atoms. The average Bonchev–Trinajstić information content (AvgIpc) is 2.50. The molecule has 134 valence electrons. The lowest BCUT2D eigenvalue weighted by Gasteiger charge is -2.30. The Kier molecular flexibility index (Phi) is 7.42. The number of carbonyl (C=O) groups excluding carboxylic acids is 2. The molecule has 1 rings (SSSR count). The molecule has 1 aromatic rings. The molecule has 0 saturated heterocycles. The summed E-state index contributed by atoms with van der Waals surface area (Å²) in [5, 5.41) is 2.92. The third-order valence-electron chi connectivity index (χ3n) is 3.84. The number of nitrogens with zero attached hydrogens (tertiary/aromatic N) is 2. The van der Waals surface area contributed by atoms with Crippen LogP contribution in [-0.4, -0.2) is 53.3 Å². The molecule has 0 aliphatic carbocycles. The Morgan fingerprint density at radius 2 is 1.75 bits per heavy atom. The SMILES string of the molecule is CCN(Cc1ccccc1)C(=O)C(C)N(C)CC(=O)NC(C)(C)C. The van der Waals surface area contributed by atoms with Crippen LogP contribution in [0.5, 0.6) is 0 Å². The number of hydrogen-bond donors (Lipinski definition) is 1. The van der Waals surface area contributed by atoms with E-state index in [9.17, 15) is 9.59 Å². The van der Waals surface area contributed by atoms with Crippen molar-refractivity contribution in [3.63, 3.8) is 0 Å². The molecule has 1 N–H and O–H groups in total. The van der Waals surface area contributed by atoms with E-state index in [2.05, 4.69) is 5.32 Å². The highest BCUT2D eigenvalue weighted by Crippen LogP contribution is 2.09. The second kappa shape index (κ2) is 8.83. The molecule has 0 bridgehead atoms. The molecule has 0 radical (unpaired) electrons. The van der Waals surface area contributed by atoms with Gasteiger partial charge in [0.25, 0.3) is 0 Å². The smallest absolute Gasteiger partial charge is 0.239 e. The van der Waals surface area contributed by atoms with Crippen LogP contribution in [0.2, 0.25) is 0 Å². The zero-order valence-electron chi connectivity index (χ0n) is 15.8. The summed E-state index contributed by atoms with van der Waals surface area (Å²) in [6, 6.07) is 9.59. The molecule has 1 unspecified atom stereocenters. The van der Waals surface area contributed by atoms with Gasteiger partial charge in [-0.05, 0) is 47.2 Å². The number of amides is 2. The zero-order valence-corrected chi connectivity index (χ0v) is 15.8. The van der Waals surface area contributed by atoms with Crippen LogP contribution in [0.15, 0.2) is 30.3 Å². The van der Waals surface area contributed by atoms with E-state index in [-0.39, 0.29) is 29.9 Å².